The second kappa shape index (κ2) is 12.3. The summed E-state index contributed by atoms with van der Waals surface area (Å²) in [5.41, 5.74) is 1.67. The lowest BCUT2D eigenvalue weighted by atomic mass is 10.0. The van der Waals surface area contributed by atoms with Gasteiger partial charge in [0.05, 0.1) is 24.7 Å². The molecule has 0 aromatic heterocycles. The van der Waals surface area contributed by atoms with Crippen LogP contribution < -0.4 is 9.64 Å². The van der Waals surface area contributed by atoms with Crippen LogP contribution in [0.25, 0.3) is 10.8 Å². The van der Waals surface area contributed by atoms with Gasteiger partial charge in [-0.25, -0.2) is 4.79 Å². The number of thioether (sulfide) groups is 1. The van der Waals surface area contributed by atoms with Crippen LogP contribution in [0.4, 0.5) is 10.5 Å². The molecule has 1 aliphatic heterocycles. The zero-order valence-electron chi connectivity index (χ0n) is 20.8. The van der Waals surface area contributed by atoms with E-state index >= 15 is 0 Å². The number of amides is 1. The number of methoxy groups -OCH3 is 1. The van der Waals surface area contributed by atoms with Crippen molar-refractivity contribution in [3.05, 3.63) is 66.2 Å². The van der Waals surface area contributed by atoms with Crippen molar-refractivity contribution in [2.75, 3.05) is 45.8 Å². The Balaban J connectivity index is 0.00000361. The van der Waals surface area contributed by atoms with E-state index in [0.717, 1.165) is 26.9 Å². The quantitative estimate of drug-likeness (QED) is 0.371. The molecule has 0 radical (unpaired) electrons. The fourth-order valence-electron chi connectivity index (χ4n) is 4.09. The first-order valence-electron chi connectivity index (χ1n) is 11.5. The SMILES string of the molecule is CCOC(=O)O[C@H]1C(=O)N(CCN(C)C)c2ccc3ccccc3c2S[C@H]1c1ccc(OC)cc1.Cl. The zero-order valence-corrected chi connectivity index (χ0v) is 22.4. The van der Waals surface area contributed by atoms with Crippen LogP contribution in [0.1, 0.15) is 17.7 Å². The van der Waals surface area contributed by atoms with Crippen molar-refractivity contribution in [1.82, 2.24) is 4.90 Å². The standard InChI is InChI=1S/C27H30N2O5S.ClH/c1-5-33-27(31)34-23-24(19-10-13-20(32-4)14-11-19)35-25-21-9-7-6-8-18(21)12-15-22(25)29(26(23)30)17-16-28(2)3;/h6-15,23-24H,5,16-17H2,1-4H3;1H/t23-,24+;/m1./s1. The molecule has 0 spiro atoms. The molecule has 1 amide bonds. The van der Waals surface area contributed by atoms with Crippen molar-refractivity contribution < 1.29 is 23.8 Å². The molecule has 0 unspecified atom stereocenters. The van der Waals surface area contributed by atoms with Gasteiger partial charge in [-0.2, -0.15) is 0 Å². The van der Waals surface area contributed by atoms with Crippen molar-refractivity contribution in [3.63, 3.8) is 0 Å². The number of fused-ring (bicyclic) bond motifs is 3. The topological polar surface area (TPSA) is 68.3 Å². The summed E-state index contributed by atoms with van der Waals surface area (Å²) in [4.78, 5) is 31.2. The van der Waals surface area contributed by atoms with Crippen molar-refractivity contribution in [2.45, 2.75) is 23.2 Å². The van der Waals surface area contributed by atoms with Gasteiger partial charge >= 0.3 is 6.16 Å². The van der Waals surface area contributed by atoms with Crippen LogP contribution in [0.5, 0.6) is 5.75 Å². The van der Waals surface area contributed by atoms with E-state index in [9.17, 15) is 9.59 Å². The molecule has 3 aromatic rings. The number of hydrogen-bond donors (Lipinski definition) is 0. The number of likely N-dealkylation sites (N-methyl/N-ethyl adjacent to an activating group) is 1. The van der Waals surface area contributed by atoms with Gasteiger partial charge in [0.2, 0.25) is 6.10 Å². The summed E-state index contributed by atoms with van der Waals surface area (Å²) in [5.74, 6) is 0.433. The van der Waals surface area contributed by atoms with Gasteiger partial charge in [0.15, 0.2) is 0 Å². The molecule has 192 valence electrons. The van der Waals surface area contributed by atoms with Gasteiger partial charge < -0.3 is 24.0 Å². The van der Waals surface area contributed by atoms with Crippen LogP contribution in [0.15, 0.2) is 65.6 Å². The third-order valence-electron chi connectivity index (χ3n) is 5.88. The van der Waals surface area contributed by atoms with E-state index in [1.54, 1.807) is 18.9 Å². The molecule has 0 fully saturated rings. The number of carbonyl (C=O) groups is 2. The highest BCUT2D eigenvalue weighted by Crippen LogP contribution is 2.49. The third-order valence-corrected chi connectivity index (χ3v) is 7.32. The molecule has 36 heavy (non-hydrogen) atoms. The van der Waals surface area contributed by atoms with Gasteiger partial charge in [-0.1, -0.05) is 42.5 Å². The average molecular weight is 531 g/mol. The molecule has 1 aliphatic rings. The Bertz CT molecular complexity index is 1200. The van der Waals surface area contributed by atoms with Crippen LogP contribution in [0, 0.1) is 0 Å². The number of hydrogen-bond acceptors (Lipinski definition) is 7. The van der Waals surface area contributed by atoms with Gasteiger partial charge in [-0.15, -0.1) is 24.2 Å². The van der Waals surface area contributed by atoms with E-state index in [2.05, 4.69) is 12.1 Å². The van der Waals surface area contributed by atoms with Crippen LogP contribution in [-0.4, -0.2) is 64.0 Å². The maximum absolute atomic E-state index is 14.0. The Hall–Kier alpha value is -2.94. The summed E-state index contributed by atoms with van der Waals surface area (Å²) in [6.07, 6.45) is -1.92. The zero-order chi connectivity index (χ0) is 24.9. The van der Waals surface area contributed by atoms with E-state index in [1.807, 2.05) is 67.5 Å². The summed E-state index contributed by atoms with van der Waals surface area (Å²) in [6.45, 7) is 2.98. The average Bonchev–Trinajstić information content (AvgIpc) is 2.97. The monoisotopic (exact) mass is 530 g/mol. The number of rotatable bonds is 7. The van der Waals surface area contributed by atoms with Crippen LogP contribution >= 0.6 is 24.2 Å². The summed E-state index contributed by atoms with van der Waals surface area (Å²) >= 11 is 1.53. The molecule has 0 bridgehead atoms. The van der Waals surface area contributed by atoms with Crippen LogP contribution in [-0.2, 0) is 14.3 Å². The minimum absolute atomic E-state index is 0. The number of ether oxygens (including phenoxy) is 3. The smallest absolute Gasteiger partial charge is 0.497 e. The largest absolute Gasteiger partial charge is 0.509 e. The molecule has 0 saturated heterocycles. The maximum atomic E-state index is 14.0. The molecule has 9 heteroatoms. The predicted molar refractivity (Wildman–Crippen MR) is 146 cm³/mol. The predicted octanol–water partition coefficient (Wildman–Crippen LogP) is 5.55. The first-order chi connectivity index (χ1) is 16.9. The number of nitrogens with zero attached hydrogens (tertiary/aromatic N) is 2. The minimum Gasteiger partial charge on any atom is -0.497 e. The molecule has 1 heterocycles. The number of carbonyl (C=O) groups excluding carboxylic acids is 2. The van der Waals surface area contributed by atoms with Crippen molar-refractivity contribution in [1.29, 1.82) is 0 Å². The highest BCUT2D eigenvalue weighted by atomic mass is 35.5. The Labute approximate surface area is 222 Å². The fraction of sp³-hybridized carbons (Fsp3) is 0.333. The lowest BCUT2D eigenvalue weighted by Crippen LogP contribution is -2.45. The lowest BCUT2D eigenvalue weighted by Gasteiger charge is -2.28. The highest BCUT2D eigenvalue weighted by molar-refractivity contribution is 8.00. The molecule has 3 aromatic carbocycles. The molecule has 0 N–H and O–H groups in total. The van der Waals surface area contributed by atoms with E-state index in [1.165, 1.54) is 11.8 Å². The van der Waals surface area contributed by atoms with Gasteiger partial charge in [-0.05, 0) is 55.6 Å². The molecule has 7 nitrogen and oxygen atoms in total. The van der Waals surface area contributed by atoms with Crippen LogP contribution in [0.3, 0.4) is 0 Å². The Morgan fingerprint density at radius 1 is 1.06 bits per heavy atom. The molecule has 4 rings (SSSR count). The van der Waals surface area contributed by atoms with Gasteiger partial charge in [-0.3, -0.25) is 4.79 Å². The fourth-order valence-corrected chi connectivity index (χ4v) is 5.55. The molecular formula is C27H31ClN2O5S. The first kappa shape index (κ1) is 27.6. The molecular weight excluding hydrogens is 500 g/mol. The third kappa shape index (κ3) is 5.88. The van der Waals surface area contributed by atoms with E-state index < -0.39 is 17.5 Å². The molecule has 0 saturated carbocycles. The van der Waals surface area contributed by atoms with Crippen molar-refractivity contribution in [2.24, 2.45) is 0 Å². The van der Waals surface area contributed by atoms with Crippen molar-refractivity contribution >= 4 is 52.7 Å². The minimum atomic E-state index is -1.07. The van der Waals surface area contributed by atoms with Crippen LogP contribution in [0.2, 0.25) is 0 Å². The highest BCUT2D eigenvalue weighted by Gasteiger charge is 2.42. The Morgan fingerprint density at radius 2 is 1.78 bits per heavy atom. The Morgan fingerprint density at radius 3 is 2.44 bits per heavy atom. The van der Waals surface area contributed by atoms with Gasteiger partial charge in [0.25, 0.3) is 5.91 Å². The number of halogens is 1. The summed E-state index contributed by atoms with van der Waals surface area (Å²) in [7, 11) is 5.53. The lowest BCUT2D eigenvalue weighted by molar-refractivity contribution is -0.128. The maximum Gasteiger partial charge on any atom is 0.509 e. The number of benzene rings is 3. The van der Waals surface area contributed by atoms with E-state index in [0.29, 0.717) is 18.8 Å². The van der Waals surface area contributed by atoms with Crippen molar-refractivity contribution in [3.8, 4) is 5.75 Å². The Kier molecular flexibility index (Phi) is 9.48. The summed E-state index contributed by atoms with van der Waals surface area (Å²) in [6, 6.07) is 19.6. The first-order valence-corrected chi connectivity index (χ1v) is 12.4. The summed E-state index contributed by atoms with van der Waals surface area (Å²) < 4.78 is 16.1. The van der Waals surface area contributed by atoms with E-state index in [4.69, 9.17) is 14.2 Å². The normalized spacial score (nSPS) is 17.2. The van der Waals surface area contributed by atoms with Gasteiger partial charge in [0.1, 0.15) is 5.75 Å². The second-order valence-electron chi connectivity index (χ2n) is 8.46. The van der Waals surface area contributed by atoms with E-state index in [-0.39, 0.29) is 24.9 Å². The summed E-state index contributed by atoms with van der Waals surface area (Å²) in [5, 5.41) is 1.65. The molecule has 0 aliphatic carbocycles. The molecule has 2 atom stereocenters. The number of anilines is 1. The second-order valence-corrected chi connectivity index (χ2v) is 9.61. The van der Waals surface area contributed by atoms with Gasteiger partial charge in [0, 0.05) is 18.0 Å².